The van der Waals surface area contributed by atoms with Gasteiger partial charge in [0.1, 0.15) is 17.3 Å². The van der Waals surface area contributed by atoms with Crippen molar-refractivity contribution in [3.8, 4) is 39.5 Å². The fourth-order valence-corrected chi connectivity index (χ4v) is 4.17. The van der Waals surface area contributed by atoms with Gasteiger partial charge >= 0.3 is 5.97 Å². The number of furan rings is 1. The molecule has 1 unspecified atom stereocenters. The lowest BCUT2D eigenvalue weighted by atomic mass is 9.93. The Morgan fingerprint density at radius 1 is 0.824 bits per heavy atom. The minimum Gasteiger partial charge on any atom is -0.465 e. The zero-order valence-corrected chi connectivity index (χ0v) is 19.6. The number of ether oxygens (including phenoxy) is 3. The van der Waals surface area contributed by atoms with Crippen LogP contribution in [0.5, 0.6) is 5.75 Å². The summed E-state index contributed by atoms with van der Waals surface area (Å²) in [5, 5.41) is 0. The number of fused-ring (bicyclic) bond motifs is 3. The Morgan fingerprint density at radius 3 is 2.18 bits per heavy atom. The van der Waals surface area contributed by atoms with E-state index in [0.717, 1.165) is 39.3 Å². The van der Waals surface area contributed by atoms with Crippen molar-refractivity contribution in [1.29, 1.82) is 0 Å². The molecular formula is C29H26O5. The molecule has 172 valence electrons. The van der Waals surface area contributed by atoms with E-state index in [2.05, 4.69) is 0 Å². The molecule has 1 aliphatic rings. The van der Waals surface area contributed by atoms with Gasteiger partial charge in [0.15, 0.2) is 0 Å². The molecule has 34 heavy (non-hydrogen) atoms. The van der Waals surface area contributed by atoms with Crippen molar-refractivity contribution in [2.24, 2.45) is 0 Å². The van der Waals surface area contributed by atoms with Gasteiger partial charge in [-0.05, 0) is 50.6 Å². The fourth-order valence-electron chi connectivity index (χ4n) is 4.17. The van der Waals surface area contributed by atoms with E-state index in [1.807, 2.05) is 87.5 Å². The predicted octanol–water partition coefficient (Wildman–Crippen LogP) is 7.27. The molecule has 5 nitrogen and oxygen atoms in total. The van der Waals surface area contributed by atoms with E-state index in [1.165, 1.54) is 7.11 Å². The van der Waals surface area contributed by atoms with Gasteiger partial charge in [0.2, 0.25) is 6.29 Å². The Hall–Kier alpha value is -3.83. The maximum atomic E-state index is 12.0. The van der Waals surface area contributed by atoms with Crippen molar-refractivity contribution < 1.29 is 23.4 Å². The van der Waals surface area contributed by atoms with E-state index >= 15 is 0 Å². The van der Waals surface area contributed by atoms with Gasteiger partial charge in [-0.1, -0.05) is 54.6 Å². The third-order valence-electron chi connectivity index (χ3n) is 5.64. The molecule has 0 spiro atoms. The highest BCUT2D eigenvalue weighted by atomic mass is 16.7. The number of carbonyl (C=O) groups excluding carboxylic acids is 1. The van der Waals surface area contributed by atoms with Crippen LogP contribution in [0.3, 0.4) is 0 Å². The van der Waals surface area contributed by atoms with Gasteiger partial charge in [0.05, 0.1) is 29.4 Å². The monoisotopic (exact) mass is 454 g/mol. The van der Waals surface area contributed by atoms with Crippen LogP contribution < -0.4 is 4.74 Å². The second kappa shape index (κ2) is 8.50. The van der Waals surface area contributed by atoms with Crippen LogP contribution in [-0.4, -0.2) is 18.7 Å². The molecule has 1 aliphatic heterocycles. The maximum absolute atomic E-state index is 12.0. The summed E-state index contributed by atoms with van der Waals surface area (Å²) in [5.74, 6) is 1.78. The Labute approximate surface area is 198 Å². The van der Waals surface area contributed by atoms with Gasteiger partial charge < -0.3 is 18.6 Å². The molecule has 2 heterocycles. The molecular weight excluding hydrogens is 428 g/mol. The smallest absolute Gasteiger partial charge is 0.337 e. The molecule has 4 aromatic rings. The van der Waals surface area contributed by atoms with Crippen LogP contribution in [0.25, 0.3) is 33.8 Å². The largest absolute Gasteiger partial charge is 0.465 e. The summed E-state index contributed by atoms with van der Waals surface area (Å²) < 4.78 is 24.2. The van der Waals surface area contributed by atoms with Crippen LogP contribution in [0.2, 0.25) is 0 Å². The average molecular weight is 455 g/mol. The lowest BCUT2D eigenvalue weighted by Crippen LogP contribution is -2.27. The summed E-state index contributed by atoms with van der Waals surface area (Å²) in [6.07, 6.45) is -0.665. The zero-order valence-electron chi connectivity index (χ0n) is 19.6. The van der Waals surface area contributed by atoms with Crippen LogP contribution >= 0.6 is 0 Å². The number of hydrogen-bond acceptors (Lipinski definition) is 5. The lowest BCUT2D eigenvalue weighted by Gasteiger charge is -2.31. The number of hydrogen-bond donors (Lipinski definition) is 0. The van der Waals surface area contributed by atoms with Gasteiger partial charge in [-0.15, -0.1) is 0 Å². The highest BCUT2D eigenvalue weighted by Gasteiger charge is 2.37. The summed E-state index contributed by atoms with van der Waals surface area (Å²) in [7, 11) is 1.37. The van der Waals surface area contributed by atoms with Crippen LogP contribution in [0, 0.1) is 0 Å². The van der Waals surface area contributed by atoms with E-state index in [-0.39, 0.29) is 5.97 Å². The van der Waals surface area contributed by atoms with Crippen LogP contribution in [0.4, 0.5) is 0 Å². The van der Waals surface area contributed by atoms with Crippen molar-refractivity contribution in [3.05, 3.63) is 90.0 Å². The first-order valence-corrected chi connectivity index (χ1v) is 11.2. The molecule has 1 aromatic heterocycles. The topological polar surface area (TPSA) is 57.9 Å². The number of methoxy groups -OCH3 is 1. The molecule has 5 rings (SSSR count). The highest BCUT2D eigenvalue weighted by molar-refractivity contribution is 5.92. The summed E-state index contributed by atoms with van der Waals surface area (Å²) in [6.45, 7) is 6.00. The Morgan fingerprint density at radius 2 is 1.50 bits per heavy atom. The van der Waals surface area contributed by atoms with Crippen LogP contribution in [0.1, 0.15) is 43.0 Å². The van der Waals surface area contributed by atoms with E-state index in [0.29, 0.717) is 11.3 Å². The van der Waals surface area contributed by atoms with Gasteiger partial charge in [-0.2, -0.15) is 0 Å². The second-order valence-electron chi connectivity index (χ2n) is 9.16. The minimum atomic E-state index is -0.665. The number of carbonyl (C=O) groups is 1. The Kier molecular flexibility index (Phi) is 5.50. The maximum Gasteiger partial charge on any atom is 0.337 e. The van der Waals surface area contributed by atoms with E-state index in [1.54, 1.807) is 12.1 Å². The first kappa shape index (κ1) is 22.0. The molecule has 0 saturated heterocycles. The molecule has 1 atom stereocenters. The quantitative estimate of drug-likeness (QED) is 0.303. The number of rotatable bonds is 4. The molecule has 0 bridgehead atoms. The van der Waals surface area contributed by atoms with Crippen molar-refractivity contribution in [1.82, 2.24) is 0 Å². The summed E-state index contributed by atoms with van der Waals surface area (Å²) in [5.41, 5.74) is 4.44. The molecule has 0 aliphatic carbocycles. The van der Waals surface area contributed by atoms with Crippen molar-refractivity contribution in [2.75, 3.05) is 7.11 Å². The van der Waals surface area contributed by atoms with Crippen LogP contribution in [0.15, 0.2) is 83.3 Å². The third kappa shape index (κ3) is 3.99. The molecule has 0 fully saturated rings. The molecule has 3 aromatic carbocycles. The number of esters is 1. The van der Waals surface area contributed by atoms with Gasteiger partial charge in [0, 0.05) is 11.1 Å². The Balaban J connectivity index is 1.78. The van der Waals surface area contributed by atoms with E-state index < -0.39 is 11.9 Å². The first-order chi connectivity index (χ1) is 16.4. The summed E-state index contributed by atoms with van der Waals surface area (Å²) in [4.78, 5) is 12.0. The Bertz CT molecular complexity index is 1330. The number of para-hydroxylation sites is 1. The molecule has 0 amide bonds. The average Bonchev–Trinajstić information content (AvgIpc) is 3.25. The fraction of sp³-hybridized carbons (Fsp3) is 0.207. The summed E-state index contributed by atoms with van der Waals surface area (Å²) in [6, 6.07) is 25.1. The van der Waals surface area contributed by atoms with Gasteiger partial charge in [-0.25, -0.2) is 4.79 Å². The predicted molar refractivity (Wildman–Crippen MR) is 131 cm³/mol. The SMILES string of the molecule is COC(=O)c1ccc(-c2c(-c3ccccc3)oc3c2C(OC(C)(C)C)Oc2ccccc2-3)cc1. The number of benzene rings is 3. The second-order valence-corrected chi connectivity index (χ2v) is 9.16. The summed E-state index contributed by atoms with van der Waals surface area (Å²) >= 11 is 0. The van der Waals surface area contributed by atoms with Crippen LogP contribution in [-0.2, 0) is 9.47 Å². The zero-order chi connectivity index (χ0) is 23.9. The molecule has 0 N–H and O–H groups in total. The van der Waals surface area contributed by atoms with Crippen molar-refractivity contribution in [3.63, 3.8) is 0 Å². The van der Waals surface area contributed by atoms with Crippen molar-refractivity contribution >= 4 is 5.97 Å². The molecule has 0 radical (unpaired) electrons. The lowest BCUT2D eigenvalue weighted by molar-refractivity contribution is -0.155. The minimum absolute atomic E-state index is 0.379. The normalized spacial score (nSPS) is 14.6. The standard InChI is InChI=1S/C29H26O5/c1-29(2,3)34-28-24-23(18-14-16-20(17-15-18)27(30)31-4)25(19-10-6-5-7-11-19)33-26(24)21-12-8-9-13-22(21)32-28/h5-17,28H,1-4H3. The molecule has 5 heteroatoms. The van der Waals surface area contributed by atoms with E-state index in [9.17, 15) is 4.79 Å². The van der Waals surface area contributed by atoms with Gasteiger partial charge in [0.25, 0.3) is 0 Å². The third-order valence-corrected chi connectivity index (χ3v) is 5.64. The first-order valence-electron chi connectivity index (χ1n) is 11.2. The molecule has 0 saturated carbocycles. The highest BCUT2D eigenvalue weighted by Crippen LogP contribution is 2.52. The van der Waals surface area contributed by atoms with E-state index in [4.69, 9.17) is 18.6 Å². The van der Waals surface area contributed by atoms with Gasteiger partial charge in [-0.3, -0.25) is 0 Å². The van der Waals surface area contributed by atoms with Crippen molar-refractivity contribution in [2.45, 2.75) is 32.7 Å².